The highest BCUT2D eigenvalue weighted by Crippen LogP contribution is 2.31. The fraction of sp³-hybridized carbons (Fsp3) is 0.429. The van der Waals surface area contributed by atoms with Gasteiger partial charge in [-0.3, -0.25) is 4.79 Å². The maximum absolute atomic E-state index is 11.7. The summed E-state index contributed by atoms with van der Waals surface area (Å²) in [4.78, 5) is 24.9. The summed E-state index contributed by atoms with van der Waals surface area (Å²) in [6.45, 7) is 0.612. The van der Waals surface area contributed by atoms with E-state index in [1.165, 1.54) is 0 Å². The van der Waals surface area contributed by atoms with E-state index in [9.17, 15) is 9.59 Å². The van der Waals surface area contributed by atoms with Crippen molar-refractivity contribution in [3.8, 4) is 0 Å². The van der Waals surface area contributed by atoms with Gasteiger partial charge >= 0.3 is 6.03 Å². The molecule has 1 fully saturated rings. The predicted molar refractivity (Wildman–Crippen MR) is 77.7 cm³/mol. The van der Waals surface area contributed by atoms with E-state index in [1.807, 2.05) is 30.3 Å². The van der Waals surface area contributed by atoms with Crippen LogP contribution in [0.5, 0.6) is 0 Å². The van der Waals surface area contributed by atoms with Gasteiger partial charge in [-0.15, -0.1) is 0 Å². The molecular weight excluding hydrogens is 253 g/mol. The van der Waals surface area contributed by atoms with Crippen LogP contribution in [0.1, 0.15) is 24.4 Å². The van der Waals surface area contributed by atoms with Crippen LogP contribution in [0, 0.1) is 0 Å². The van der Waals surface area contributed by atoms with Crippen LogP contribution in [0.25, 0.3) is 0 Å². The number of hydrogen-bond donors (Lipinski definition) is 2. The number of piperidine rings is 1. The Hall–Kier alpha value is -1.98. The van der Waals surface area contributed by atoms with Crippen molar-refractivity contribution >= 4 is 19.7 Å². The number of amides is 3. The second-order valence-electron chi connectivity index (χ2n) is 4.86. The Kier molecular flexibility index (Phi) is 4.66. The van der Waals surface area contributed by atoms with E-state index in [1.54, 1.807) is 11.9 Å². The summed E-state index contributed by atoms with van der Waals surface area (Å²) < 4.78 is 0. The number of benzene rings is 1. The zero-order valence-electron chi connectivity index (χ0n) is 11.5. The molecular formula is C14H18BN3O2. The highest BCUT2D eigenvalue weighted by molar-refractivity contribution is 6.57. The van der Waals surface area contributed by atoms with E-state index in [0.717, 1.165) is 18.4 Å². The maximum Gasteiger partial charge on any atom is 0.314 e. The molecule has 5 nitrogen and oxygen atoms in total. The molecule has 0 saturated carbocycles. The summed E-state index contributed by atoms with van der Waals surface area (Å²) in [6.07, 6.45) is 1.64. The average Bonchev–Trinajstić information content (AvgIpc) is 2.47. The number of likely N-dealkylation sites (tertiary alicyclic amines) is 1. The van der Waals surface area contributed by atoms with Crippen LogP contribution < -0.4 is 10.6 Å². The molecule has 0 spiro atoms. The Morgan fingerprint density at radius 1 is 1.30 bits per heavy atom. The van der Waals surface area contributed by atoms with Gasteiger partial charge in [0.25, 0.3) is 0 Å². The second-order valence-corrected chi connectivity index (χ2v) is 4.86. The SMILES string of the molecule is [B]C(=O)N1CCCC(NC(=O)NC)C1c1ccccc1. The third kappa shape index (κ3) is 3.12. The van der Waals surface area contributed by atoms with Crippen LogP contribution in [0.2, 0.25) is 0 Å². The monoisotopic (exact) mass is 271 g/mol. The number of urea groups is 1. The van der Waals surface area contributed by atoms with E-state index in [0.29, 0.717) is 6.54 Å². The van der Waals surface area contributed by atoms with Crippen molar-refractivity contribution in [3.63, 3.8) is 0 Å². The lowest BCUT2D eigenvalue weighted by molar-refractivity contribution is 0.145. The second kappa shape index (κ2) is 6.46. The number of nitrogens with one attached hydrogen (secondary N) is 2. The largest absolute Gasteiger partial charge is 0.343 e. The predicted octanol–water partition coefficient (Wildman–Crippen LogP) is 1.41. The summed E-state index contributed by atoms with van der Waals surface area (Å²) >= 11 is 0. The van der Waals surface area contributed by atoms with Gasteiger partial charge in [0.1, 0.15) is 0 Å². The lowest BCUT2D eigenvalue weighted by Gasteiger charge is -2.41. The molecule has 0 aromatic heterocycles. The summed E-state index contributed by atoms with van der Waals surface area (Å²) in [6, 6.07) is 9.04. The molecule has 3 amide bonds. The average molecular weight is 271 g/mol. The molecule has 1 aromatic carbocycles. The smallest absolute Gasteiger partial charge is 0.314 e. The van der Waals surface area contributed by atoms with Crippen molar-refractivity contribution in [2.24, 2.45) is 0 Å². The zero-order valence-corrected chi connectivity index (χ0v) is 11.5. The Labute approximate surface area is 120 Å². The van der Waals surface area contributed by atoms with Gasteiger partial charge in [0.2, 0.25) is 7.85 Å². The first-order valence-electron chi connectivity index (χ1n) is 6.72. The van der Waals surface area contributed by atoms with Crippen molar-refractivity contribution in [3.05, 3.63) is 35.9 Å². The zero-order chi connectivity index (χ0) is 14.5. The van der Waals surface area contributed by atoms with E-state index in [-0.39, 0.29) is 18.1 Å². The number of carbonyl (C=O) groups is 2. The standard InChI is InChI=1S/C14H18BN3O2/c1-16-14(20)17-11-8-5-9-18(13(15)19)12(11)10-6-3-2-4-7-10/h2-4,6-7,11-12H,5,8-9H2,1H3,(H2,16,17,20). The summed E-state index contributed by atoms with van der Waals surface area (Å²) in [5.74, 6) is -0.456. The van der Waals surface area contributed by atoms with Crippen LogP contribution >= 0.6 is 0 Å². The van der Waals surface area contributed by atoms with Crippen molar-refractivity contribution in [1.29, 1.82) is 0 Å². The molecule has 1 aliphatic heterocycles. The molecule has 2 radical (unpaired) electrons. The molecule has 2 unspecified atom stereocenters. The molecule has 104 valence electrons. The first-order chi connectivity index (χ1) is 9.63. The maximum atomic E-state index is 11.7. The van der Waals surface area contributed by atoms with Crippen LogP contribution in [-0.4, -0.2) is 44.2 Å². The molecule has 0 aliphatic carbocycles. The number of hydrogen-bond acceptors (Lipinski definition) is 2. The molecule has 2 N–H and O–H groups in total. The normalized spacial score (nSPS) is 22.1. The first kappa shape index (κ1) is 14.4. The molecule has 1 saturated heterocycles. The molecule has 2 rings (SSSR count). The summed E-state index contributed by atoms with van der Waals surface area (Å²) in [7, 11) is 7.05. The molecule has 0 bridgehead atoms. The first-order valence-corrected chi connectivity index (χ1v) is 6.72. The van der Waals surface area contributed by atoms with Gasteiger partial charge in [-0.2, -0.15) is 0 Å². The van der Waals surface area contributed by atoms with Gasteiger partial charge in [0, 0.05) is 13.6 Å². The van der Waals surface area contributed by atoms with Crippen LogP contribution in [-0.2, 0) is 0 Å². The third-order valence-corrected chi connectivity index (χ3v) is 3.60. The van der Waals surface area contributed by atoms with E-state index >= 15 is 0 Å². The lowest BCUT2D eigenvalue weighted by Crippen LogP contribution is -2.53. The third-order valence-electron chi connectivity index (χ3n) is 3.60. The minimum Gasteiger partial charge on any atom is -0.343 e. The van der Waals surface area contributed by atoms with E-state index < -0.39 is 5.81 Å². The van der Waals surface area contributed by atoms with Crippen LogP contribution in [0.3, 0.4) is 0 Å². The van der Waals surface area contributed by atoms with Gasteiger partial charge in [0.05, 0.1) is 12.1 Å². The Morgan fingerprint density at radius 3 is 2.60 bits per heavy atom. The number of carbonyl (C=O) groups excluding carboxylic acids is 2. The van der Waals surface area contributed by atoms with Gasteiger partial charge in [-0.1, -0.05) is 30.3 Å². The summed E-state index contributed by atoms with van der Waals surface area (Å²) in [5.41, 5.74) is 0.979. The topological polar surface area (TPSA) is 61.4 Å². The van der Waals surface area contributed by atoms with Crippen LogP contribution in [0.15, 0.2) is 30.3 Å². The van der Waals surface area contributed by atoms with Gasteiger partial charge in [-0.25, -0.2) is 4.79 Å². The fourth-order valence-corrected chi connectivity index (χ4v) is 2.70. The number of nitrogens with zero attached hydrogens (tertiary/aromatic N) is 1. The molecule has 1 aliphatic rings. The lowest BCUT2D eigenvalue weighted by atomic mass is 9.88. The van der Waals surface area contributed by atoms with Crippen LogP contribution in [0.4, 0.5) is 9.59 Å². The Balaban J connectivity index is 2.29. The summed E-state index contributed by atoms with van der Waals surface area (Å²) in [5, 5.41) is 5.45. The quantitative estimate of drug-likeness (QED) is 0.799. The van der Waals surface area contributed by atoms with E-state index in [2.05, 4.69) is 10.6 Å². The minimum absolute atomic E-state index is 0.140. The molecule has 6 heteroatoms. The van der Waals surface area contributed by atoms with Gasteiger partial charge in [0.15, 0.2) is 5.81 Å². The van der Waals surface area contributed by atoms with Gasteiger partial charge in [-0.05, 0) is 18.4 Å². The molecule has 1 heterocycles. The highest BCUT2D eigenvalue weighted by Gasteiger charge is 2.34. The molecule has 2 atom stereocenters. The molecule has 20 heavy (non-hydrogen) atoms. The van der Waals surface area contributed by atoms with Crippen molar-refractivity contribution in [2.75, 3.05) is 13.6 Å². The Morgan fingerprint density at radius 2 is 2.00 bits per heavy atom. The Bertz CT molecular complexity index is 481. The highest BCUT2D eigenvalue weighted by atomic mass is 16.2. The molecule has 1 aromatic rings. The van der Waals surface area contributed by atoms with E-state index in [4.69, 9.17) is 7.85 Å². The van der Waals surface area contributed by atoms with Gasteiger partial charge < -0.3 is 15.5 Å². The minimum atomic E-state index is -0.456. The van der Waals surface area contributed by atoms with Crippen molar-refractivity contribution < 1.29 is 9.59 Å². The fourth-order valence-electron chi connectivity index (χ4n) is 2.70. The van der Waals surface area contributed by atoms with Crippen molar-refractivity contribution in [1.82, 2.24) is 15.5 Å². The number of rotatable bonds is 2. The van der Waals surface area contributed by atoms with Crippen molar-refractivity contribution in [2.45, 2.75) is 24.9 Å².